The van der Waals surface area contributed by atoms with Crippen molar-refractivity contribution in [2.75, 3.05) is 0 Å². The molecule has 3 aromatic rings. The number of carbonyl (C=O) groups is 1. The van der Waals surface area contributed by atoms with Gasteiger partial charge < -0.3 is 14.3 Å². The van der Waals surface area contributed by atoms with Gasteiger partial charge in [-0.3, -0.25) is 0 Å². The lowest BCUT2D eigenvalue weighted by Crippen LogP contribution is -1.94. The van der Waals surface area contributed by atoms with Crippen LogP contribution in [0.2, 0.25) is 0 Å². The number of rotatable bonds is 3. The zero-order valence-electron chi connectivity index (χ0n) is 10.6. The van der Waals surface area contributed by atoms with Gasteiger partial charge in [0, 0.05) is 0 Å². The standard InChI is InChI=1S/C15H8N2O4/c16-8-10-3-1-2-4-12(10)20-15-17-11-6-5-9(14(18)19)7-13(11)21-15/h1-7H,(H,18,19). The summed E-state index contributed by atoms with van der Waals surface area (Å²) in [6, 6.07) is 13.0. The maximum Gasteiger partial charge on any atom is 0.400 e. The van der Waals surface area contributed by atoms with Crippen molar-refractivity contribution in [1.29, 1.82) is 5.26 Å². The topological polar surface area (TPSA) is 96.3 Å². The van der Waals surface area contributed by atoms with Crippen LogP contribution < -0.4 is 4.74 Å². The molecule has 6 heteroatoms. The van der Waals surface area contributed by atoms with Crippen LogP contribution in [0.4, 0.5) is 0 Å². The van der Waals surface area contributed by atoms with Crippen LogP contribution in [0, 0.1) is 11.3 Å². The summed E-state index contributed by atoms with van der Waals surface area (Å²) in [6.45, 7) is 0. The molecule has 6 nitrogen and oxygen atoms in total. The molecule has 0 saturated carbocycles. The van der Waals surface area contributed by atoms with Gasteiger partial charge in [-0.05, 0) is 30.3 Å². The molecule has 1 N–H and O–H groups in total. The molecule has 0 radical (unpaired) electrons. The minimum atomic E-state index is -1.05. The van der Waals surface area contributed by atoms with Crippen LogP contribution in [0.25, 0.3) is 11.1 Å². The van der Waals surface area contributed by atoms with Crippen molar-refractivity contribution in [2.45, 2.75) is 0 Å². The second-order valence-electron chi connectivity index (χ2n) is 4.18. The molecule has 0 saturated heterocycles. The van der Waals surface area contributed by atoms with Gasteiger partial charge in [0.1, 0.15) is 11.6 Å². The number of fused-ring (bicyclic) bond motifs is 1. The van der Waals surface area contributed by atoms with Crippen LogP contribution in [0.3, 0.4) is 0 Å². The lowest BCUT2D eigenvalue weighted by molar-refractivity contribution is 0.0697. The molecule has 102 valence electrons. The number of hydrogen-bond acceptors (Lipinski definition) is 5. The van der Waals surface area contributed by atoms with Gasteiger partial charge in [0.05, 0.1) is 11.1 Å². The van der Waals surface area contributed by atoms with E-state index in [-0.39, 0.29) is 11.6 Å². The van der Waals surface area contributed by atoms with E-state index in [1.165, 1.54) is 18.2 Å². The number of aromatic nitrogens is 1. The number of para-hydroxylation sites is 1. The van der Waals surface area contributed by atoms with Crippen LogP contribution in [-0.4, -0.2) is 16.1 Å². The van der Waals surface area contributed by atoms with Crippen molar-refractivity contribution in [1.82, 2.24) is 4.98 Å². The van der Waals surface area contributed by atoms with E-state index in [2.05, 4.69) is 4.98 Å². The highest BCUT2D eigenvalue weighted by molar-refractivity contribution is 5.91. The molecule has 0 atom stereocenters. The first-order chi connectivity index (χ1) is 10.2. The van der Waals surface area contributed by atoms with Crippen LogP contribution in [0.1, 0.15) is 15.9 Å². The number of ether oxygens (including phenoxy) is 1. The highest BCUT2D eigenvalue weighted by Crippen LogP contribution is 2.27. The van der Waals surface area contributed by atoms with E-state index in [0.717, 1.165) is 0 Å². The molecule has 0 fully saturated rings. The predicted molar refractivity (Wildman–Crippen MR) is 72.2 cm³/mol. The number of aromatic carboxylic acids is 1. The van der Waals surface area contributed by atoms with Gasteiger partial charge in [0.15, 0.2) is 11.3 Å². The summed E-state index contributed by atoms with van der Waals surface area (Å²) in [5.41, 5.74) is 1.23. The molecule has 1 heterocycles. The van der Waals surface area contributed by atoms with Crippen molar-refractivity contribution in [3.05, 3.63) is 53.6 Å². The Morgan fingerprint density at radius 2 is 2.10 bits per heavy atom. The minimum Gasteiger partial charge on any atom is -0.478 e. The van der Waals surface area contributed by atoms with Crippen molar-refractivity contribution in [2.24, 2.45) is 0 Å². The van der Waals surface area contributed by atoms with Crippen molar-refractivity contribution in [3.8, 4) is 17.9 Å². The maximum atomic E-state index is 10.9. The van der Waals surface area contributed by atoms with Gasteiger partial charge >= 0.3 is 12.0 Å². The van der Waals surface area contributed by atoms with Crippen molar-refractivity contribution >= 4 is 17.1 Å². The SMILES string of the molecule is N#Cc1ccccc1Oc1nc2ccc(C(=O)O)cc2o1. The fraction of sp³-hybridized carbons (Fsp3) is 0. The molecule has 0 aliphatic carbocycles. The molecule has 0 bridgehead atoms. The third-order valence-electron chi connectivity index (χ3n) is 2.82. The van der Waals surface area contributed by atoms with Crippen LogP contribution in [0.5, 0.6) is 11.8 Å². The number of nitrogens with zero attached hydrogens (tertiary/aromatic N) is 2. The van der Waals surface area contributed by atoms with Gasteiger partial charge in [0.2, 0.25) is 0 Å². The van der Waals surface area contributed by atoms with E-state index in [1.54, 1.807) is 24.3 Å². The van der Waals surface area contributed by atoms with E-state index in [1.807, 2.05) is 6.07 Å². The van der Waals surface area contributed by atoms with Gasteiger partial charge in [-0.1, -0.05) is 12.1 Å². The summed E-state index contributed by atoms with van der Waals surface area (Å²) in [7, 11) is 0. The third kappa shape index (κ3) is 2.40. The normalized spacial score (nSPS) is 10.2. The molecule has 3 rings (SSSR count). The minimum absolute atomic E-state index is 0.0461. The van der Waals surface area contributed by atoms with Crippen molar-refractivity contribution < 1.29 is 19.1 Å². The first-order valence-electron chi connectivity index (χ1n) is 5.98. The fourth-order valence-electron chi connectivity index (χ4n) is 1.82. The molecular formula is C15H8N2O4. The smallest absolute Gasteiger partial charge is 0.400 e. The van der Waals surface area contributed by atoms with Crippen LogP contribution >= 0.6 is 0 Å². The Labute approximate surface area is 118 Å². The lowest BCUT2D eigenvalue weighted by Gasteiger charge is -2.01. The molecule has 1 aromatic heterocycles. The molecule has 0 aliphatic heterocycles. The van der Waals surface area contributed by atoms with Gasteiger partial charge in [-0.25, -0.2) is 4.79 Å². The molecule has 0 unspecified atom stereocenters. The molecule has 0 aliphatic rings. The Hall–Kier alpha value is -3.33. The van der Waals surface area contributed by atoms with Gasteiger partial charge in [-0.15, -0.1) is 0 Å². The average Bonchev–Trinajstić information content (AvgIpc) is 2.89. The molecule has 0 spiro atoms. The highest BCUT2D eigenvalue weighted by Gasteiger charge is 2.12. The Morgan fingerprint density at radius 1 is 1.29 bits per heavy atom. The maximum absolute atomic E-state index is 10.9. The van der Waals surface area contributed by atoms with Crippen LogP contribution in [0.15, 0.2) is 46.9 Å². The van der Waals surface area contributed by atoms with E-state index in [0.29, 0.717) is 22.4 Å². The van der Waals surface area contributed by atoms with Crippen molar-refractivity contribution in [3.63, 3.8) is 0 Å². The second kappa shape index (κ2) is 4.98. The van der Waals surface area contributed by atoms with Crippen LogP contribution in [-0.2, 0) is 0 Å². The number of benzene rings is 2. The van der Waals surface area contributed by atoms with E-state index < -0.39 is 5.97 Å². The third-order valence-corrected chi connectivity index (χ3v) is 2.82. The van der Waals surface area contributed by atoms with E-state index in [4.69, 9.17) is 19.5 Å². The summed E-state index contributed by atoms with van der Waals surface area (Å²) >= 11 is 0. The average molecular weight is 280 g/mol. The summed E-state index contributed by atoms with van der Waals surface area (Å²) in [4.78, 5) is 15.0. The quantitative estimate of drug-likeness (QED) is 0.791. The first kappa shape index (κ1) is 12.7. The monoisotopic (exact) mass is 280 g/mol. The summed E-state index contributed by atoms with van der Waals surface area (Å²) in [6.07, 6.45) is -0.0461. The summed E-state index contributed by atoms with van der Waals surface area (Å²) < 4.78 is 10.8. The van der Waals surface area contributed by atoms with E-state index in [9.17, 15) is 4.79 Å². The number of hydrogen-bond donors (Lipinski definition) is 1. The molecule has 2 aromatic carbocycles. The summed E-state index contributed by atoms with van der Waals surface area (Å²) in [5, 5.41) is 17.9. The Bertz CT molecular complexity index is 877. The predicted octanol–water partition coefficient (Wildman–Crippen LogP) is 3.19. The number of oxazole rings is 1. The van der Waals surface area contributed by atoms with E-state index >= 15 is 0 Å². The Morgan fingerprint density at radius 3 is 2.86 bits per heavy atom. The molecule has 0 amide bonds. The van der Waals surface area contributed by atoms with Gasteiger partial charge in [-0.2, -0.15) is 10.2 Å². The fourth-order valence-corrected chi connectivity index (χ4v) is 1.82. The number of nitriles is 1. The highest BCUT2D eigenvalue weighted by atomic mass is 16.6. The molecule has 21 heavy (non-hydrogen) atoms. The number of carboxylic acid groups (broad SMARTS) is 1. The number of carboxylic acids is 1. The van der Waals surface area contributed by atoms with Gasteiger partial charge in [0.25, 0.3) is 0 Å². The summed E-state index contributed by atoms with van der Waals surface area (Å²) in [5.74, 6) is -0.726. The molecular weight excluding hydrogens is 272 g/mol. The largest absolute Gasteiger partial charge is 0.478 e. The zero-order valence-corrected chi connectivity index (χ0v) is 10.6. The lowest BCUT2D eigenvalue weighted by atomic mass is 10.2. The first-order valence-corrected chi connectivity index (χ1v) is 5.98. The second-order valence-corrected chi connectivity index (χ2v) is 4.18. The Balaban J connectivity index is 1.98. The Kier molecular flexibility index (Phi) is 3.01. The zero-order chi connectivity index (χ0) is 14.8.